The molecule has 1 aromatic heterocycles. The van der Waals surface area contributed by atoms with Crippen molar-refractivity contribution in [2.24, 2.45) is 7.05 Å². The van der Waals surface area contributed by atoms with Crippen LogP contribution < -0.4 is 14.3 Å². The normalized spacial score (nSPS) is 15.6. The Hall–Kier alpha value is -2.59. The summed E-state index contributed by atoms with van der Waals surface area (Å²) in [6, 6.07) is 4.78. The van der Waals surface area contributed by atoms with Gasteiger partial charge in [0, 0.05) is 25.0 Å². The number of nitrogens with one attached hydrogen (secondary N) is 2. The van der Waals surface area contributed by atoms with E-state index in [9.17, 15) is 13.2 Å². The van der Waals surface area contributed by atoms with E-state index < -0.39 is 16.2 Å². The zero-order chi connectivity index (χ0) is 22.6. The third kappa shape index (κ3) is 5.76. The van der Waals surface area contributed by atoms with Gasteiger partial charge in [-0.1, -0.05) is 19.9 Å². The predicted molar refractivity (Wildman–Crippen MR) is 122 cm³/mol. The van der Waals surface area contributed by atoms with E-state index in [1.54, 1.807) is 17.9 Å². The minimum Gasteiger partial charge on any atom is -0.307 e. The number of aromatic nitrogens is 2. The number of aryl methyl sites for hydroxylation is 3. The van der Waals surface area contributed by atoms with Gasteiger partial charge in [-0.15, -0.1) is 0 Å². The second kappa shape index (κ2) is 9.69. The summed E-state index contributed by atoms with van der Waals surface area (Å²) in [7, 11) is -0.385. The molecule has 2 amide bonds. The Kier molecular flexibility index (Phi) is 7.22. The number of nitrogens with zero attached hydrogens (tertiary/aromatic N) is 4. The zero-order valence-corrected chi connectivity index (χ0v) is 19.4. The molecule has 1 fully saturated rings. The fourth-order valence-electron chi connectivity index (χ4n) is 3.86. The van der Waals surface area contributed by atoms with Gasteiger partial charge in [0.1, 0.15) is 0 Å². The third-order valence-electron chi connectivity index (χ3n) is 5.57. The van der Waals surface area contributed by atoms with Crippen molar-refractivity contribution in [1.29, 1.82) is 0 Å². The average Bonchev–Trinajstić information content (AvgIpc) is 3.14. The second-order valence-corrected chi connectivity index (χ2v) is 9.56. The molecular weight excluding hydrogens is 416 g/mol. The number of carbonyl (C=O) groups excluding carboxylic acids is 1. The molecule has 3 rings (SSSR count). The Morgan fingerprint density at radius 2 is 1.74 bits per heavy atom. The van der Waals surface area contributed by atoms with Gasteiger partial charge in [0.2, 0.25) is 0 Å². The number of benzene rings is 1. The molecule has 0 unspecified atom stereocenters. The summed E-state index contributed by atoms with van der Waals surface area (Å²) in [6.07, 6.45) is 6.15. The summed E-state index contributed by atoms with van der Waals surface area (Å²) in [5, 5.41) is 6.80. The number of rotatable bonds is 7. The Morgan fingerprint density at radius 1 is 1.13 bits per heavy atom. The molecule has 0 bridgehead atoms. The van der Waals surface area contributed by atoms with Gasteiger partial charge in [0.25, 0.3) is 0 Å². The highest BCUT2D eigenvalue weighted by molar-refractivity contribution is 7.91. The molecule has 2 heterocycles. The lowest BCUT2D eigenvalue weighted by Gasteiger charge is -2.36. The highest BCUT2D eigenvalue weighted by Gasteiger charge is 2.34. The molecule has 0 saturated carbocycles. The highest BCUT2D eigenvalue weighted by Crippen LogP contribution is 2.26. The van der Waals surface area contributed by atoms with E-state index in [0.717, 1.165) is 37.1 Å². The molecule has 10 heteroatoms. The highest BCUT2D eigenvalue weighted by atomic mass is 32.2. The molecular formula is C21H32N6O3S. The number of piperidine rings is 1. The molecule has 9 nitrogen and oxygen atoms in total. The Balaban J connectivity index is 1.81. The van der Waals surface area contributed by atoms with Crippen LogP contribution in [0.25, 0.3) is 0 Å². The number of likely N-dealkylation sites (tertiary alicyclic amines) is 1. The monoisotopic (exact) mass is 448 g/mol. The Morgan fingerprint density at radius 3 is 2.26 bits per heavy atom. The van der Waals surface area contributed by atoms with Crippen molar-refractivity contribution >= 4 is 27.6 Å². The van der Waals surface area contributed by atoms with E-state index >= 15 is 0 Å². The fraction of sp³-hybridized carbons (Fsp3) is 0.524. The number of hydrogen-bond donors (Lipinski definition) is 2. The van der Waals surface area contributed by atoms with Gasteiger partial charge in [0.15, 0.2) is 0 Å². The van der Waals surface area contributed by atoms with E-state index in [1.807, 2.05) is 33.0 Å². The van der Waals surface area contributed by atoms with Crippen LogP contribution in [0.1, 0.15) is 37.8 Å². The van der Waals surface area contributed by atoms with Crippen molar-refractivity contribution in [2.75, 3.05) is 29.8 Å². The van der Waals surface area contributed by atoms with Crippen LogP contribution in [-0.4, -0.2) is 55.3 Å². The largest absolute Gasteiger partial charge is 0.334 e. The molecule has 0 aliphatic carbocycles. The van der Waals surface area contributed by atoms with Crippen molar-refractivity contribution in [3.05, 3.63) is 41.7 Å². The molecule has 1 aliphatic rings. The van der Waals surface area contributed by atoms with E-state index in [0.29, 0.717) is 24.2 Å². The first-order chi connectivity index (χ1) is 14.7. The van der Waals surface area contributed by atoms with Gasteiger partial charge in [-0.2, -0.15) is 13.5 Å². The van der Waals surface area contributed by atoms with Crippen LogP contribution in [0.3, 0.4) is 0 Å². The minimum atomic E-state index is -4.13. The third-order valence-corrected chi connectivity index (χ3v) is 7.04. The van der Waals surface area contributed by atoms with Crippen LogP contribution in [0.2, 0.25) is 0 Å². The Labute approximate surface area is 184 Å². The van der Waals surface area contributed by atoms with E-state index in [-0.39, 0.29) is 6.04 Å². The molecule has 170 valence electrons. The van der Waals surface area contributed by atoms with E-state index in [4.69, 9.17) is 0 Å². The average molecular weight is 449 g/mol. The van der Waals surface area contributed by atoms with Crippen molar-refractivity contribution in [3.8, 4) is 0 Å². The molecule has 1 saturated heterocycles. The maximum absolute atomic E-state index is 13.3. The topological polar surface area (TPSA) is 99.6 Å². The summed E-state index contributed by atoms with van der Waals surface area (Å²) in [6.45, 7) is 5.65. The summed E-state index contributed by atoms with van der Waals surface area (Å²) in [4.78, 5) is 14.8. The van der Waals surface area contributed by atoms with Gasteiger partial charge in [-0.05, 0) is 69.1 Å². The first kappa shape index (κ1) is 23.1. The van der Waals surface area contributed by atoms with Crippen LogP contribution in [-0.2, 0) is 30.1 Å². The van der Waals surface area contributed by atoms with Crippen molar-refractivity contribution in [2.45, 2.75) is 45.6 Å². The van der Waals surface area contributed by atoms with Crippen LogP contribution in [0.15, 0.2) is 30.6 Å². The van der Waals surface area contributed by atoms with Gasteiger partial charge >= 0.3 is 16.2 Å². The fourth-order valence-corrected chi connectivity index (χ4v) is 5.22. The maximum atomic E-state index is 13.3. The summed E-state index contributed by atoms with van der Waals surface area (Å²) in [5.74, 6) is 0. The first-order valence-corrected chi connectivity index (χ1v) is 12.1. The minimum absolute atomic E-state index is 0.249. The standard InChI is InChI=1S/C21H32N6O3S/c1-5-16-11-17(6-2)13-18(12-16)23-21(28)24-31(29,30)27(20-14-22-26(4)15-20)19-7-9-25(3)10-8-19/h11-15,19H,5-10H2,1-4H3,(H2,23,24,28). The molecule has 31 heavy (non-hydrogen) atoms. The van der Waals surface area contributed by atoms with Gasteiger partial charge < -0.3 is 10.2 Å². The van der Waals surface area contributed by atoms with Gasteiger partial charge in [-0.3, -0.25) is 4.68 Å². The number of carbonyl (C=O) groups is 1. The second-order valence-electron chi connectivity index (χ2n) is 8.01. The molecule has 0 radical (unpaired) electrons. The molecule has 1 aromatic carbocycles. The molecule has 2 aromatic rings. The van der Waals surface area contributed by atoms with Crippen LogP contribution in [0.5, 0.6) is 0 Å². The number of amides is 2. The van der Waals surface area contributed by atoms with Crippen molar-refractivity contribution < 1.29 is 13.2 Å². The number of hydrogen-bond acceptors (Lipinski definition) is 5. The maximum Gasteiger partial charge on any atom is 0.334 e. The molecule has 2 N–H and O–H groups in total. The van der Waals surface area contributed by atoms with Crippen LogP contribution in [0, 0.1) is 0 Å². The first-order valence-electron chi connectivity index (χ1n) is 10.6. The lowest BCUT2D eigenvalue weighted by Crippen LogP contribution is -2.52. The van der Waals surface area contributed by atoms with Crippen LogP contribution >= 0.6 is 0 Å². The molecule has 0 atom stereocenters. The number of anilines is 2. The van der Waals surface area contributed by atoms with Gasteiger partial charge in [0.05, 0.1) is 11.9 Å². The smallest absolute Gasteiger partial charge is 0.307 e. The molecule has 0 spiro atoms. The number of urea groups is 1. The lowest BCUT2D eigenvalue weighted by molar-refractivity contribution is 0.254. The van der Waals surface area contributed by atoms with E-state index in [2.05, 4.69) is 26.1 Å². The predicted octanol–water partition coefficient (Wildman–Crippen LogP) is 2.51. The van der Waals surface area contributed by atoms with Crippen LogP contribution in [0.4, 0.5) is 16.2 Å². The Bertz CT molecular complexity index is 990. The quantitative estimate of drug-likeness (QED) is 0.678. The summed E-state index contributed by atoms with van der Waals surface area (Å²) < 4.78 is 31.6. The summed E-state index contributed by atoms with van der Waals surface area (Å²) in [5.41, 5.74) is 3.19. The SMILES string of the molecule is CCc1cc(CC)cc(NC(=O)NS(=O)(=O)N(c2cnn(C)c2)C2CCN(C)CC2)c1. The summed E-state index contributed by atoms with van der Waals surface area (Å²) >= 11 is 0. The molecule has 1 aliphatic heterocycles. The lowest BCUT2D eigenvalue weighted by atomic mass is 10.1. The van der Waals surface area contributed by atoms with E-state index in [1.165, 1.54) is 10.5 Å². The van der Waals surface area contributed by atoms with Crippen molar-refractivity contribution in [1.82, 2.24) is 19.4 Å². The zero-order valence-electron chi connectivity index (χ0n) is 18.6. The van der Waals surface area contributed by atoms with Crippen molar-refractivity contribution in [3.63, 3.8) is 0 Å². The van der Waals surface area contributed by atoms with Gasteiger partial charge in [-0.25, -0.2) is 13.8 Å².